The summed E-state index contributed by atoms with van der Waals surface area (Å²) in [5.41, 5.74) is 4.43. The molecular weight excluding hydrogens is 304 g/mol. The molecule has 0 radical (unpaired) electrons. The molecule has 2 aromatic heterocycles. The topological polar surface area (TPSA) is 20.7 Å². The largest absolute Gasteiger partial charge is 0.354 e. The van der Waals surface area contributed by atoms with E-state index >= 15 is 0 Å². The van der Waals surface area contributed by atoms with Gasteiger partial charge in [0.2, 0.25) is 0 Å². The summed E-state index contributed by atoms with van der Waals surface area (Å²) in [7, 11) is 0. The van der Waals surface area contributed by atoms with E-state index in [-0.39, 0.29) is 0 Å². The van der Waals surface area contributed by atoms with E-state index in [4.69, 9.17) is 11.6 Å². The number of aromatic amines is 1. The first-order valence-electron chi connectivity index (χ1n) is 7.58. The Morgan fingerprint density at radius 1 is 0.783 bits per heavy atom. The SMILES string of the molecule is Clc1cc2c3ccccc3[nH]c2c2ccn(-c3ccccc3)c12. The molecule has 0 saturated heterocycles. The number of hydrogen-bond acceptors (Lipinski definition) is 0. The number of aromatic nitrogens is 2. The van der Waals surface area contributed by atoms with Gasteiger partial charge in [0.05, 0.1) is 16.1 Å². The zero-order valence-corrected chi connectivity index (χ0v) is 13.0. The minimum atomic E-state index is 0.770. The lowest BCUT2D eigenvalue weighted by molar-refractivity contribution is 1.13. The molecule has 0 aliphatic heterocycles. The monoisotopic (exact) mass is 316 g/mol. The van der Waals surface area contributed by atoms with E-state index in [1.807, 2.05) is 24.3 Å². The molecule has 0 fully saturated rings. The highest BCUT2D eigenvalue weighted by molar-refractivity contribution is 6.38. The molecule has 0 atom stereocenters. The van der Waals surface area contributed by atoms with Crippen LogP contribution in [0.4, 0.5) is 0 Å². The fraction of sp³-hybridized carbons (Fsp3) is 0. The summed E-state index contributed by atoms with van der Waals surface area (Å²) in [6.45, 7) is 0. The number of para-hydroxylation sites is 2. The van der Waals surface area contributed by atoms with Gasteiger partial charge in [-0.3, -0.25) is 0 Å². The number of nitrogens with one attached hydrogen (secondary N) is 1. The standard InChI is InChI=1S/C20H13ClN2/c21-17-12-16-14-8-4-5-9-18(14)22-19(16)15-10-11-23(20(15)17)13-6-2-1-3-7-13/h1-12,22H. The van der Waals surface area contributed by atoms with Gasteiger partial charge in [0.25, 0.3) is 0 Å². The predicted molar refractivity (Wildman–Crippen MR) is 97.6 cm³/mol. The molecule has 110 valence electrons. The maximum absolute atomic E-state index is 6.66. The Morgan fingerprint density at radius 2 is 1.57 bits per heavy atom. The molecule has 0 aliphatic rings. The minimum absolute atomic E-state index is 0.770. The Bertz CT molecular complexity index is 1170. The zero-order chi connectivity index (χ0) is 15.4. The lowest BCUT2D eigenvalue weighted by atomic mass is 10.1. The van der Waals surface area contributed by atoms with Gasteiger partial charge in [-0.15, -0.1) is 0 Å². The Morgan fingerprint density at radius 3 is 2.43 bits per heavy atom. The van der Waals surface area contributed by atoms with Crippen molar-refractivity contribution < 1.29 is 0 Å². The van der Waals surface area contributed by atoms with Gasteiger partial charge in [-0.05, 0) is 30.3 Å². The average Bonchev–Trinajstić information content (AvgIpc) is 3.18. The third-order valence-electron chi connectivity index (χ3n) is 4.43. The van der Waals surface area contributed by atoms with Crippen LogP contribution in [0.25, 0.3) is 38.4 Å². The molecule has 0 unspecified atom stereocenters. The Labute approximate surface area is 137 Å². The summed E-state index contributed by atoms with van der Waals surface area (Å²) in [4.78, 5) is 3.54. The van der Waals surface area contributed by atoms with Gasteiger partial charge in [-0.2, -0.15) is 0 Å². The van der Waals surface area contributed by atoms with Crippen molar-refractivity contribution in [1.82, 2.24) is 9.55 Å². The van der Waals surface area contributed by atoms with Gasteiger partial charge in [-0.1, -0.05) is 48.0 Å². The van der Waals surface area contributed by atoms with E-state index in [9.17, 15) is 0 Å². The summed E-state index contributed by atoms with van der Waals surface area (Å²) in [5, 5.41) is 4.29. The molecule has 0 spiro atoms. The van der Waals surface area contributed by atoms with E-state index in [0.29, 0.717) is 0 Å². The minimum Gasteiger partial charge on any atom is -0.354 e. The van der Waals surface area contributed by atoms with Crippen molar-refractivity contribution in [3.05, 3.63) is 77.9 Å². The predicted octanol–water partition coefficient (Wildman–Crippen LogP) is 5.92. The molecule has 2 heterocycles. The number of nitrogens with zero attached hydrogens (tertiary/aromatic N) is 1. The molecule has 1 N–H and O–H groups in total. The summed E-state index contributed by atoms with van der Waals surface area (Å²) in [6.07, 6.45) is 2.08. The van der Waals surface area contributed by atoms with Gasteiger partial charge < -0.3 is 9.55 Å². The maximum atomic E-state index is 6.66. The summed E-state index contributed by atoms with van der Waals surface area (Å²) >= 11 is 6.66. The lowest BCUT2D eigenvalue weighted by Crippen LogP contribution is -1.91. The molecule has 3 aromatic carbocycles. The average molecular weight is 317 g/mol. The van der Waals surface area contributed by atoms with Crippen LogP contribution in [-0.2, 0) is 0 Å². The quantitative estimate of drug-likeness (QED) is 0.396. The molecule has 0 amide bonds. The van der Waals surface area contributed by atoms with Crippen molar-refractivity contribution >= 4 is 44.3 Å². The maximum Gasteiger partial charge on any atom is 0.0736 e. The van der Waals surface area contributed by atoms with Crippen LogP contribution in [0.15, 0.2) is 72.9 Å². The second-order valence-electron chi connectivity index (χ2n) is 5.74. The first kappa shape index (κ1) is 12.8. The van der Waals surface area contributed by atoms with Crippen LogP contribution in [0.3, 0.4) is 0 Å². The Hall–Kier alpha value is -2.71. The van der Waals surface area contributed by atoms with Crippen LogP contribution >= 0.6 is 11.6 Å². The second kappa shape index (κ2) is 4.64. The number of H-pyrrole nitrogens is 1. The van der Waals surface area contributed by atoms with E-state index in [1.54, 1.807) is 0 Å². The van der Waals surface area contributed by atoms with Gasteiger partial charge in [0, 0.05) is 33.6 Å². The highest BCUT2D eigenvalue weighted by Crippen LogP contribution is 2.37. The fourth-order valence-electron chi connectivity index (χ4n) is 3.40. The summed E-state index contributed by atoms with van der Waals surface area (Å²) in [5.74, 6) is 0. The third kappa shape index (κ3) is 1.76. The van der Waals surface area contributed by atoms with Crippen molar-refractivity contribution in [3.63, 3.8) is 0 Å². The number of hydrogen-bond donors (Lipinski definition) is 1. The van der Waals surface area contributed by atoms with Gasteiger partial charge in [-0.25, -0.2) is 0 Å². The number of fused-ring (bicyclic) bond motifs is 5. The van der Waals surface area contributed by atoms with Crippen LogP contribution in [0.1, 0.15) is 0 Å². The molecular formula is C20H13ClN2. The van der Waals surface area contributed by atoms with E-state index < -0.39 is 0 Å². The van der Waals surface area contributed by atoms with Crippen molar-refractivity contribution in [3.8, 4) is 5.69 Å². The normalized spacial score (nSPS) is 11.7. The van der Waals surface area contributed by atoms with Crippen molar-refractivity contribution in [2.24, 2.45) is 0 Å². The Balaban J connectivity index is 1.94. The zero-order valence-electron chi connectivity index (χ0n) is 12.3. The van der Waals surface area contributed by atoms with E-state index in [0.717, 1.165) is 32.6 Å². The van der Waals surface area contributed by atoms with Crippen LogP contribution in [0.5, 0.6) is 0 Å². The van der Waals surface area contributed by atoms with Crippen molar-refractivity contribution in [2.45, 2.75) is 0 Å². The third-order valence-corrected chi connectivity index (χ3v) is 4.72. The van der Waals surface area contributed by atoms with Crippen LogP contribution in [0.2, 0.25) is 5.02 Å². The van der Waals surface area contributed by atoms with Gasteiger partial charge in [0.1, 0.15) is 0 Å². The van der Waals surface area contributed by atoms with Crippen LogP contribution < -0.4 is 0 Å². The van der Waals surface area contributed by atoms with Gasteiger partial charge in [0.15, 0.2) is 0 Å². The highest BCUT2D eigenvalue weighted by atomic mass is 35.5. The second-order valence-corrected chi connectivity index (χ2v) is 6.14. The molecule has 2 nitrogen and oxygen atoms in total. The molecule has 23 heavy (non-hydrogen) atoms. The van der Waals surface area contributed by atoms with Gasteiger partial charge >= 0.3 is 0 Å². The number of halogens is 1. The smallest absolute Gasteiger partial charge is 0.0736 e. The molecule has 0 saturated carbocycles. The molecule has 0 aliphatic carbocycles. The van der Waals surface area contributed by atoms with Crippen LogP contribution in [-0.4, -0.2) is 9.55 Å². The summed E-state index contributed by atoms with van der Waals surface area (Å²) < 4.78 is 2.14. The number of rotatable bonds is 1. The molecule has 0 bridgehead atoms. The highest BCUT2D eigenvalue weighted by Gasteiger charge is 2.14. The van der Waals surface area contributed by atoms with Crippen molar-refractivity contribution in [1.29, 1.82) is 0 Å². The molecule has 5 aromatic rings. The van der Waals surface area contributed by atoms with E-state index in [1.165, 1.54) is 10.8 Å². The number of benzene rings is 3. The van der Waals surface area contributed by atoms with Crippen molar-refractivity contribution in [2.75, 3.05) is 0 Å². The lowest BCUT2D eigenvalue weighted by Gasteiger charge is -2.07. The first-order valence-corrected chi connectivity index (χ1v) is 7.96. The first-order chi connectivity index (χ1) is 11.3. The Kier molecular flexibility index (Phi) is 2.58. The molecule has 3 heteroatoms. The van der Waals surface area contributed by atoms with Crippen LogP contribution in [0, 0.1) is 0 Å². The summed E-state index contributed by atoms with van der Waals surface area (Å²) in [6, 6.07) is 22.8. The van der Waals surface area contributed by atoms with E-state index in [2.05, 4.69) is 58.2 Å². The fourth-order valence-corrected chi connectivity index (χ4v) is 3.70. The molecule has 5 rings (SSSR count).